The monoisotopic (exact) mass is 360 g/mol. The maximum atomic E-state index is 14.6. The average Bonchev–Trinajstić information content (AvgIpc) is 3.36. The molecule has 25 heavy (non-hydrogen) atoms. The van der Waals surface area contributed by atoms with Crippen LogP contribution >= 0.6 is 11.9 Å². The Morgan fingerprint density at radius 2 is 2.28 bits per heavy atom. The van der Waals surface area contributed by atoms with Gasteiger partial charge in [0.15, 0.2) is 11.6 Å². The van der Waals surface area contributed by atoms with Crippen LogP contribution in [-0.4, -0.2) is 10.2 Å². The Morgan fingerprint density at radius 3 is 3.12 bits per heavy atom. The number of hydrogen-bond acceptors (Lipinski definition) is 4. The van der Waals surface area contributed by atoms with Crippen LogP contribution in [0.15, 0.2) is 23.1 Å². The summed E-state index contributed by atoms with van der Waals surface area (Å²) in [6.45, 7) is 5.19. The quantitative estimate of drug-likeness (QED) is 0.631. The number of hydrogen-bond donors (Lipinski definition) is 3. The largest absolute Gasteiger partial charge is 0.336 e. The van der Waals surface area contributed by atoms with Gasteiger partial charge in [0.25, 0.3) is 0 Å². The molecular weight excluding hydrogens is 335 g/mol. The summed E-state index contributed by atoms with van der Waals surface area (Å²) in [6, 6.07) is 5.78. The zero-order valence-electron chi connectivity index (χ0n) is 14.7. The van der Waals surface area contributed by atoms with E-state index in [1.165, 1.54) is 43.3 Å². The van der Waals surface area contributed by atoms with Crippen molar-refractivity contribution in [2.45, 2.75) is 56.9 Å². The minimum Gasteiger partial charge on any atom is -0.336 e. The van der Waals surface area contributed by atoms with Gasteiger partial charge in [0.2, 0.25) is 0 Å². The van der Waals surface area contributed by atoms with E-state index in [0.717, 1.165) is 22.3 Å². The van der Waals surface area contributed by atoms with E-state index in [4.69, 9.17) is 0 Å². The Labute approximate surface area is 152 Å². The Kier molecular flexibility index (Phi) is 4.73. The number of aromatic amines is 1. The number of H-pyrrole nitrogens is 1. The van der Waals surface area contributed by atoms with Crippen molar-refractivity contribution in [3.8, 4) is 0 Å². The number of anilines is 2. The molecule has 1 aromatic heterocycles. The molecular formula is C19H25FN4S. The molecule has 3 N–H and O–H groups in total. The second-order valence-corrected chi connectivity index (χ2v) is 8.25. The molecule has 0 radical (unpaired) electrons. The van der Waals surface area contributed by atoms with E-state index in [9.17, 15) is 4.39 Å². The van der Waals surface area contributed by atoms with Crippen LogP contribution in [0.2, 0.25) is 0 Å². The van der Waals surface area contributed by atoms with Crippen molar-refractivity contribution in [1.82, 2.24) is 14.9 Å². The molecule has 2 aromatic rings. The molecule has 0 bridgehead atoms. The van der Waals surface area contributed by atoms with E-state index in [0.29, 0.717) is 24.0 Å². The fraction of sp³-hybridized carbons (Fsp3) is 0.526. The lowest BCUT2D eigenvalue weighted by atomic mass is 9.89. The highest BCUT2D eigenvalue weighted by Crippen LogP contribution is 2.42. The predicted molar refractivity (Wildman–Crippen MR) is 101 cm³/mol. The van der Waals surface area contributed by atoms with Crippen LogP contribution in [0.25, 0.3) is 0 Å². The van der Waals surface area contributed by atoms with E-state index in [-0.39, 0.29) is 5.82 Å². The molecule has 1 aromatic carbocycles. The maximum absolute atomic E-state index is 14.6. The lowest BCUT2D eigenvalue weighted by Crippen LogP contribution is -2.06. The molecule has 3 atom stereocenters. The van der Waals surface area contributed by atoms with Gasteiger partial charge in [0, 0.05) is 34.7 Å². The van der Waals surface area contributed by atoms with Gasteiger partial charge in [0.1, 0.15) is 0 Å². The zero-order valence-corrected chi connectivity index (χ0v) is 15.5. The van der Waals surface area contributed by atoms with Gasteiger partial charge >= 0.3 is 0 Å². The molecule has 4 rings (SSSR count). The van der Waals surface area contributed by atoms with Crippen LogP contribution < -0.4 is 10.0 Å². The lowest BCUT2D eigenvalue weighted by Gasteiger charge is -2.16. The summed E-state index contributed by atoms with van der Waals surface area (Å²) >= 11 is 1.48. The Bertz CT molecular complexity index is 760. The third-order valence-corrected chi connectivity index (χ3v) is 6.74. The summed E-state index contributed by atoms with van der Waals surface area (Å²) in [7, 11) is 0. The molecule has 0 spiro atoms. The number of aromatic nitrogens is 2. The van der Waals surface area contributed by atoms with E-state index < -0.39 is 0 Å². The number of rotatable bonds is 5. The highest BCUT2D eigenvalue weighted by Gasteiger charge is 2.30. The first-order chi connectivity index (χ1) is 12.2. The molecule has 6 heteroatoms. The van der Waals surface area contributed by atoms with Crippen molar-refractivity contribution in [3.63, 3.8) is 0 Å². The van der Waals surface area contributed by atoms with Crippen LogP contribution in [0.3, 0.4) is 0 Å². The summed E-state index contributed by atoms with van der Waals surface area (Å²) in [5.41, 5.74) is 2.40. The minimum absolute atomic E-state index is 0.183. The summed E-state index contributed by atoms with van der Waals surface area (Å²) < 4.78 is 17.7. The third kappa shape index (κ3) is 3.29. The molecule has 2 aliphatic rings. The van der Waals surface area contributed by atoms with Crippen LogP contribution in [0.5, 0.6) is 0 Å². The van der Waals surface area contributed by atoms with Gasteiger partial charge in [0.05, 0.1) is 5.69 Å². The van der Waals surface area contributed by atoms with E-state index in [1.807, 2.05) is 12.1 Å². The SMILES string of the molecule is CCC(C)C1CCC(c2cc(Nc3ccc4c(c3F)CNS4)n[nH]2)C1. The Morgan fingerprint density at radius 1 is 1.40 bits per heavy atom. The molecule has 1 aliphatic heterocycles. The van der Waals surface area contributed by atoms with Crippen LogP contribution in [0.1, 0.15) is 56.7 Å². The topological polar surface area (TPSA) is 52.7 Å². The highest BCUT2D eigenvalue weighted by atomic mass is 32.2. The summed E-state index contributed by atoms with van der Waals surface area (Å²) in [4.78, 5) is 0.966. The molecule has 2 heterocycles. The average molecular weight is 361 g/mol. The molecule has 1 saturated carbocycles. The number of nitrogens with zero attached hydrogens (tertiary/aromatic N) is 1. The van der Waals surface area contributed by atoms with Crippen LogP contribution in [0.4, 0.5) is 15.9 Å². The van der Waals surface area contributed by atoms with Crippen molar-refractivity contribution in [2.75, 3.05) is 5.32 Å². The molecule has 0 saturated heterocycles. The lowest BCUT2D eigenvalue weighted by molar-refractivity contribution is 0.353. The first kappa shape index (κ1) is 16.9. The predicted octanol–water partition coefficient (Wildman–Crippen LogP) is 5.33. The molecule has 4 nitrogen and oxygen atoms in total. The van der Waals surface area contributed by atoms with E-state index in [2.05, 4.69) is 34.1 Å². The standard InChI is InChI=1S/C19H25FN4S/c1-3-11(2)12-4-5-13(8-12)16-9-18(24-23-16)22-15-6-7-17-14(19(15)20)10-21-25-17/h6-7,9,11-13,21H,3-5,8,10H2,1-2H3,(H2,22,23,24). The summed E-state index contributed by atoms with van der Waals surface area (Å²) in [5.74, 6) is 2.66. The smallest absolute Gasteiger partial charge is 0.152 e. The number of benzene rings is 1. The van der Waals surface area contributed by atoms with Crippen molar-refractivity contribution in [3.05, 3.63) is 35.3 Å². The van der Waals surface area contributed by atoms with Gasteiger partial charge in [-0.15, -0.1) is 0 Å². The molecule has 3 unspecified atom stereocenters. The minimum atomic E-state index is -0.183. The van der Waals surface area contributed by atoms with Crippen molar-refractivity contribution < 1.29 is 4.39 Å². The van der Waals surface area contributed by atoms with Gasteiger partial charge in [-0.05, 0) is 55.2 Å². The number of nitrogens with one attached hydrogen (secondary N) is 3. The van der Waals surface area contributed by atoms with Gasteiger partial charge < -0.3 is 5.32 Å². The molecule has 1 fully saturated rings. The van der Waals surface area contributed by atoms with E-state index >= 15 is 0 Å². The van der Waals surface area contributed by atoms with Gasteiger partial charge in [-0.1, -0.05) is 20.3 Å². The zero-order chi connectivity index (χ0) is 17.4. The van der Waals surface area contributed by atoms with Crippen molar-refractivity contribution in [1.29, 1.82) is 0 Å². The van der Waals surface area contributed by atoms with E-state index in [1.54, 1.807) is 6.07 Å². The van der Waals surface area contributed by atoms with Crippen LogP contribution in [-0.2, 0) is 6.54 Å². The van der Waals surface area contributed by atoms with Gasteiger partial charge in [-0.3, -0.25) is 9.82 Å². The summed E-state index contributed by atoms with van der Waals surface area (Å²) in [5, 5.41) is 10.7. The van der Waals surface area contributed by atoms with Gasteiger partial charge in [-0.25, -0.2) is 4.39 Å². The Balaban J connectivity index is 1.46. The second kappa shape index (κ2) is 7.00. The number of halogens is 1. The molecule has 134 valence electrons. The van der Waals surface area contributed by atoms with Crippen molar-refractivity contribution >= 4 is 23.5 Å². The highest BCUT2D eigenvalue weighted by molar-refractivity contribution is 7.97. The number of fused-ring (bicyclic) bond motifs is 1. The maximum Gasteiger partial charge on any atom is 0.152 e. The summed E-state index contributed by atoms with van der Waals surface area (Å²) in [6.07, 6.45) is 4.99. The molecule has 1 aliphatic carbocycles. The Hall–Kier alpha value is -1.53. The second-order valence-electron chi connectivity index (χ2n) is 7.32. The third-order valence-electron chi connectivity index (χ3n) is 5.85. The first-order valence-corrected chi connectivity index (χ1v) is 10.0. The fourth-order valence-corrected chi connectivity index (χ4v) is 4.84. The fourth-order valence-electron chi connectivity index (χ4n) is 4.04. The van der Waals surface area contributed by atoms with Crippen molar-refractivity contribution in [2.24, 2.45) is 11.8 Å². The van der Waals surface area contributed by atoms with Gasteiger partial charge in [-0.2, -0.15) is 5.10 Å². The normalized spacial score (nSPS) is 23.6. The van der Waals surface area contributed by atoms with Crippen LogP contribution in [0, 0.1) is 17.7 Å². The molecule has 0 amide bonds. The first-order valence-electron chi connectivity index (χ1n) is 9.19.